The maximum Gasteiger partial charge on any atom is 0.222 e. The monoisotopic (exact) mass is 272 g/mol. The summed E-state index contributed by atoms with van der Waals surface area (Å²) in [6, 6.07) is 3.15. The van der Waals surface area contributed by atoms with E-state index in [0.717, 1.165) is 6.42 Å². The highest BCUT2D eigenvalue weighted by atomic mass is 35.5. The molecule has 1 N–H and O–H groups in total. The van der Waals surface area contributed by atoms with E-state index in [0.29, 0.717) is 27.5 Å². The van der Waals surface area contributed by atoms with Crippen LogP contribution in [0.25, 0.3) is 10.9 Å². The average molecular weight is 273 g/mol. The maximum atomic E-state index is 10.8. The summed E-state index contributed by atoms with van der Waals surface area (Å²) >= 11 is 12.0. The lowest BCUT2D eigenvalue weighted by Crippen LogP contribution is -1.95. The SMILES string of the molecule is CCCn1c(O)c(N=O)c2cc(Cl)cc(Cl)c21. The zero-order valence-electron chi connectivity index (χ0n) is 9.07. The number of nitrogens with zero attached hydrogens (tertiary/aromatic N) is 2. The van der Waals surface area contributed by atoms with E-state index in [1.54, 1.807) is 16.7 Å². The van der Waals surface area contributed by atoms with Gasteiger partial charge in [0.1, 0.15) is 0 Å². The number of hydrogen-bond donors (Lipinski definition) is 1. The number of aryl methyl sites for hydroxylation is 1. The van der Waals surface area contributed by atoms with Crippen LogP contribution >= 0.6 is 23.2 Å². The third kappa shape index (κ3) is 1.87. The molecule has 2 aromatic rings. The van der Waals surface area contributed by atoms with E-state index < -0.39 is 0 Å². The van der Waals surface area contributed by atoms with Crippen molar-refractivity contribution in [3.8, 4) is 5.88 Å². The molecule has 90 valence electrons. The molecule has 0 saturated heterocycles. The van der Waals surface area contributed by atoms with E-state index in [9.17, 15) is 10.0 Å². The van der Waals surface area contributed by atoms with E-state index in [4.69, 9.17) is 23.2 Å². The summed E-state index contributed by atoms with van der Waals surface area (Å²) in [5.74, 6) is -0.166. The number of nitroso groups, excluding NO2 is 1. The third-order valence-electron chi connectivity index (χ3n) is 2.56. The molecular formula is C11H10Cl2N2O2. The number of halogens is 2. The molecular weight excluding hydrogens is 263 g/mol. The first-order valence-corrected chi connectivity index (χ1v) is 5.89. The van der Waals surface area contributed by atoms with Crippen LogP contribution in [0.3, 0.4) is 0 Å². The van der Waals surface area contributed by atoms with Crippen LogP contribution in [0.4, 0.5) is 5.69 Å². The second kappa shape index (κ2) is 4.55. The first-order chi connectivity index (χ1) is 8.10. The number of rotatable bonds is 3. The van der Waals surface area contributed by atoms with Crippen LogP contribution in [0, 0.1) is 4.91 Å². The fraction of sp³-hybridized carbons (Fsp3) is 0.273. The fourth-order valence-corrected chi connectivity index (χ4v) is 2.50. The van der Waals surface area contributed by atoms with Gasteiger partial charge < -0.3 is 9.67 Å². The van der Waals surface area contributed by atoms with Crippen molar-refractivity contribution in [1.29, 1.82) is 0 Å². The van der Waals surface area contributed by atoms with Crippen LogP contribution in [0.2, 0.25) is 10.0 Å². The van der Waals surface area contributed by atoms with Gasteiger partial charge >= 0.3 is 0 Å². The molecule has 0 saturated carbocycles. The first-order valence-electron chi connectivity index (χ1n) is 5.13. The highest BCUT2D eigenvalue weighted by Crippen LogP contribution is 2.42. The summed E-state index contributed by atoms with van der Waals surface area (Å²) in [5.41, 5.74) is 0.572. The van der Waals surface area contributed by atoms with E-state index in [1.165, 1.54) is 0 Å². The Labute approximate surface area is 108 Å². The lowest BCUT2D eigenvalue weighted by Gasteiger charge is -2.05. The van der Waals surface area contributed by atoms with Crippen molar-refractivity contribution in [3.63, 3.8) is 0 Å². The Balaban J connectivity index is 2.90. The molecule has 0 bridgehead atoms. The highest BCUT2D eigenvalue weighted by molar-refractivity contribution is 6.39. The molecule has 6 heteroatoms. The van der Waals surface area contributed by atoms with Gasteiger partial charge in [0.2, 0.25) is 5.88 Å². The zero-order valence-corrected chi connectivity index (χ0v) is 10.6. The van der Waals surface area contributed by atoms with Crippen molar-refractivity contribution in [2.24, 2.45) is 5.18 Å². The zero-order chi connectivity index (χ0) is 12.6. The van der Waals surface area contributed by atoms with Gasteiger partial charge in [0.05, 0.1) is 10.5 Å². The summed E-state index contributed by atoms with van der Waals surface area (Å²) < 4.78 is 1.57. The highest BCUT2D eigenvalue weighted by Gasteiger charge is 2.19. The predicted octanol–water partition coefficient (Wildman–Crippen LogP) is 4.46. The quantitative estimate of drug-likeness (QED) is 0.839. The molecule has 0 unspecified atom stereocenters. The molecule has 17 heavy (non-hydrogen) atoms. The smallest absolute Gasteiger partial charge is 0.222 e. The molecule has 1 aromatic heterocycles. The second-order valence-electron chi connectivity index (χ2n) is 3.70. The molecule has 1 heterocycles. The number of hydrogen-bond acceptors (Lipinski definition) is 3. The van der Waals surface area contributed by atoms with Gasteiger partial charge in [0.25, 0.3) is 0 Å². The molecule has 0 atom stereocenters. The summed E-state index contributed by atoms with van der Waals surface area (Å²) in [5, 5.41) is 14.0. The van der Waals surface area contributed by atoms with E-state index in [-0.39, 0.29) is 11.6 Å². The Kier molecular flexibility index (Phi) is 3.26. The Bertz CT molecular complexity index is 593. The summed E-state index contributed by atoms with van der Waals surface area (Å²) in [6.45, 7) is 2.52. The van der Waals surface area contributed by atoms with Crippen LogP contribution in [0.1, 0.15) is 13.3 Å². The lowest BCUT2D eigenvalue weighted by atomic mass is 10.2. The van der Waals surface area contributed by atoms with Crippen molar-refractivity contribution in [2.75, 3.05) is 0 Å². The molecule has 0 fully saturated rings. The van der Waals surface area contributed by atoms with Crippen LogP contribution in [0.5, 0.6) is 5.88 Å². The summed E-state index contributed by atoms with van der Waals surface area (Å²) in [6.07, 6.45) is 0.800. The molecule has 4 nitrogen and oxygen atoms in total. The maximum absolute atomic E-state index is 10.8. The minimum atomic E-state index is -0.166. The summed E-state index contributed by atoms with van der Waals surface area (Å²) in [4.78, 5) is 10.8. The van der Waals surface area contributed by atoms with Gasteiger partial charge in [0.15, 0.2) is 5.69 Å². The van der Waals surface area contributed by atoms with Crippen molar-refractivity contribution in [2.45, 2.75) is 19.9 Å². The van der Waals surface area contributed by atoms with Crippen LogP contribution < -0.4 is 0 Å². The molecule has 0 aliphatic heterocycles. The molecule has 0 radical (unpaired) electrons. The predicted molar refractivity (Wildman–Crippen MR) is 69.4 cm³/mol. The van der Waals surface area contributed by atoms with Gasteiger partial charge in [-0.05, 0) is 23.7 Å². The van der Waals surface area contributed by atoms with Crippen molar-refractivity contribution in [1.82, 2.24) is 4.57 Å². The number of benzene rings is 1. The van der Waals surface area contributed by atoms with Gasteiger partial charge in [-0.25, -0.2) is 0 Å². The van der Waals surface area contributed by atoms with Crippen LogP contribution in [0.15, 0.2) is 17.3 Å². The Morgan fingerprint density at radius 2 is 2.12 bits per heavy atom. The van der Waals surface area contributed by atoms with E-state index >= 15 is 0 Å². The molecule has 0 spiro atoms. The molecule has 2 rings (SSSR count). The van der Waals surface area contributed by atoms with Gasteiger partial charge in [-0.1, -0.05) is 30.1 Å². The van der Waals surface area contributed by atoms with Crippen molar-refractivity contribution >= 4 is 39.8 Å². The minimum absolute atomic E-state index is 0.0159. The van der Waals surface area contributed by atoms with E-state index in [2.05, 4.69) is 5.18 Å². The first kappa shape index (κ1) is 12.2. The van der Waals surface area contributed by atoms with Crippen LogP contribution in [-0.4, -0.2) is 9.67 Å². The van der Waals surface area contributed by atoms with E-state index in [1.807, 2.05) is 6.92 Å². The largest absolute Gasteiger partial charge is 0.493 e. The van der Waals surface area contributed by atoms with Crippen molar-refractivity contribution in [3.05, 3.63) is 27.1 Å². The third-order valence-corrected chi connectivity index (χ3v) is 3.07. The Hall–Kier alpha value is -1.26. The molecule has 1 aromatic carbocycles. The van der Waals surface area contributed by atoms with Gasteiger partial charge in [0, 0.05) is 17.0 Å². The average Bonchev–Trinajstić information content (AvgIpc) is 2.52. The molecule has 0 aliphatic carbocycles. The van der Waals surface area contributed by atoms with Gasteiger partial charge in [-0.15, -0.1) is 4.91 Å². The number of aromatic nitrogens is 1. The van der Waals surface area contributed by atoms with Gasteiger partial charge in [-0.3, -0.25) is 0 Å². The summed E-state index contributed by atoms with van der Waals surface area (Å²) in [7, 11) is 0. The topological polar surface area (TPSA) is 54.6 Å². The standard InChI is InChI=1S/C11H10Cl2N2O2/c1-2-3-15-10-7(9(14-17)11(15)16)4-6(12)5-8(10)13/h4-5,16H,2-3H2,1H3. The Morgan fingerprint density at radius 1 is 1.41 bits per heavy atom. The lowest BCUT2D eigenvalue weighted by molar-refractivity contribution is 0.421. The minimum Gasteiger partial charge on any atom is -0.493 e. The second-order valence-corrected chi connectivity index (χ2v) is 4.54. The van der Waals surface area contributed by atoms with Crippen molar-refractivity contribution < 1.29 is 5.11 Å². The normalized spacial score (nSPS) is 11.0. The fourth-order valence-electron chi connectivity index (χ4n) is 1.91. The molecule has 0 aliphatic rings. The van der Waals surface area contributed by atoms with Crippen LogP contribution in [-0.2, 0) is 6.54 Å². The molecule has 0 amide bonds. The number of fused-ring (bicyclic) bond motifs is 1. The number of aromatic hydroxyl groups is 1. The Morgan fingerprint density at radius 3 is 2.71 bits per heavy atom. The van der Waals surface area contributed by atoms with Gasteiger partial charge in [-0.2, -0.15) is 0 Å².